The molecule has 1 aromatic carbocycles. The molecule has 122 valence electrons. The summed E-state index contributed by atoms with van der Waals surface area (Å²) in [4.78, 5) is 26.0. The van der Waals surface area contributed by atoms with Crippen LogP contribution in [0.4, 0.5) is 5.69 Å². The Balaban J connectivity index is 1.97. The van der Waals surface area contributed by atoms with Crippen LogP contribution in [-0.2, 0) is 6.54 Å². The predicted octanol–water partition coefficient (Wildman–Crippen LogP) is 3.36. The van der Waals surface area contributed by atoms with Crippen molar-refractivity contribution in [2.75, 3.05) is 6.54 Å². The Morgan fingerprint density at radius 3 is 2.96 bits per heavy atom. The fourth-order valence-corrected chi connectivity index (χ4v) is 3.11. The molecule has 7 nitrogen and oxygen atoms in total. The van der Waals surface area contributed by atoms with Crippen LogP contribution in [0.15, 0.2) is 48.4 Å². The van der Waals surface area contributed by atoms with E-state index in [9.17, 15) is 14.9 Å². The van der Waals surface area contributed by atoms with Gasteiger partial charge in [0.05, 0.1) is 17.0 Å². The Bertz CT molecular complexity index is 901. The summed E-state index contributed by atoms with van der Waals surface area (Å²) in [6, 6.07) is 8.16. The van der Waals surface area contributed by atoms with Gasteiger partial charge in [0.2, 0.25) is 0 Å². The second-order valence-corrected chi connectivity index (χ2v) is 6.15. The summed E-state index contributed by atoms with van der Waals surface area (Å²) in [5.41, 5.74) is 0.678. The number of nitrogens with zero attached hydrogens (tertiary/aromatic N) is 3. The van der Waals surface area contributed by atoms with E-state index in [-0.39, 0.29) is 17.3 Å². The van der Waals surface area contributed by atoms with Crippen LogP contribution < -0.4 is 0 Å². The van der Waals surface area contributed by atoms with Crippen molar-refractivity contribution in [2.45, 2.75) is 6.54 Å². The molecular weight excluding hydrogens is 328 g/mol. The third kappa shape index (κ3) is 3.04. The summed E-state index contributed by atoms with van der Waals surface area (Å²) >= 11 is 1.56. The van der Waals surface area contributed by atoms with E-state index in [1.165, 1.54) is 12.1 Å². The maximum atomic E-state index is 12.8. The zero-order valence-electron chi connectivity index (χ0n) is 12.6. The van der Waals surface area contributed by atoms with E-state index in [2.05, 4.69) is 16.8 Å². The lowest BCUT2D eigenvalue weighted by molar-refractivity contribution is -0.384. The van der Waals surface area contributed by atoms with Crippen molar-refractivity contribution >= 4 is 33.8 Å². The van der Waals surface area contributed by atoms with Crippen LogP contribution in [0.2, 0.25) is 0 Å². The monoisotopic (exact) mass is 342 g/mol. The van der Waals surface area contributed by atoms with Crippen LogP contribution >= 0.6 is 11.3 Å². The Kier molecular flexibility index (Phi) is 4.39. The number of carbonyl (C=O) groups excluding carboxylic acids is 1. The van der Waals surface area contributed by atoms with Crippen LogP contribution in [0, 0.1) is 10.1 Å². The molecule has 2 aromatic heterocycles. The lowest BCUT2D eigenvalue weighted by Gasteiger charge is -2.19. The number of nitrogens with one attached hydrogen (secondary N) is 1. The van der Waals surface area contributed by atoms with Gasteiger partial charge in [-0.1, -0.05) is 12.1 Å². The molecule has 0 aliphatic rings. The van der Waals surface area contributed by atoms with Gasteiger partial charge in [-0.3, -0.25) is 20.0 Å². The second kappa shape index (κ2) is 6.63. The van der Waals surface area contributed by atoms with Crippen LogP contribution in [0.1, 0.15) is 15.4 Å². The molecule has 0 radical (unpaired) electrons. The first-order valence-corrected chi connectivity index (χ1v) is 8.03. The topological polar surface area (TPSA) is 92.1 Å². The molecule has 24 heavy (non-hydrogen) atoms. The number of benzene rings is 1. The Morgan fingerprint density at radius 2 is 2.29 bits per heavy atom. The average molecular weight is 342 g/mol. The zero-order chi connectivity index (χ0) is 17.1. The number of nitro benzene ring substituents is 1. The van der Waals surface area contributed by atoms with Crippen LogP contribution in [0.5, 0.6) is 0 Å². The lowest BCUT2D eigenvalue weighted by Crippen LogP contribution is -2.30. The van der Waals surface area contributed by atoms with Crippen molar-refractivity contribution in [3.63, 3.8) is 0 Å². The molecule has 1 amide bonds. The maximum absolute atomic E-state index is 12.8. The summed E-state index contributed by atoms with van der Waals surface area (Å²) in [6.07, 6.45) is 1.64. The van der Waals surface area contributed by atoms with Gasteiger partial charge in [-0.25, -0.2) is 0 Å². The van der Waals surface area contributed by atoms with E-state index in [1.54, 1.807) is 28.4 Å². The summed E-state index contributed by atoms with van der Waals surface area (Å²) in [6.45, 7) is 4.48. The van der Waals surface area contributed by atoms with Gasteiger partial charge >= 0.3 is 0 Å². The second-order valence-electron chi connectivity index (χ2n) is 5.11. The summed E-state index contributed by atoms with van der Waals surface area (Å²) in [5, 5.41) is 20.2. The smallest absolute Gasteiger partial charge is 0.275 e. The van der Waals surface area contributed by atoms with Gasteiger partial charge in [0.15, 0.2) is 5.69 Å². The third-order valence-electron chi connectivity index (χ3n) is 3.52. The van der Waals surface area contributed by atoms with Gasteiger partial charge in [0.1, 0.15) is 0 Å². The highest BCUT2D eigenvalue weighted by Crippen LogP contribution is 2.24. The van der Waals surface area contributed by atoms with E-state index in [0.717, 1.165) is 4.88 Å². The largest absolute Gasteiger partial charge is 0.328 e. The van der Waals surface area contributed by atoms with Gasteiger partial charge in [-0.2, -0.15) is 5.10 Å². The minimum atomic E-state index is -0.492. The number of hydrogen-bond donors (Lipinski definition) is 1. The van der Waals surface area contributed by atoms with Gasteiger partial charge in [0, 0.05) is 28.9 Å². The number of carbonyl (C=O) groups is 1. The molecule has 3 aromatic rings. The van der Waals surface area contributed by atoms with Crippen molar-refractivity contribution in [3.8, 4) is 0 Å². The molecule has 2 heterocycles. The number of non-ortho nitro benzene ring substituents is 1. The number of fused-ring (bicyclic) bond motifs is 1. The van der Waals surface area contributed by atoms with E-state index in [4.69, 9.17) is 0 Å². The molecule has 0 spiro atoms. The molecule has 0 saturated heterocycles. The number of thiophene rings is 1. The number of amides is 1. The van der Waals surface area contributed by atoms with Gasteiger partial charge in [0.25, 0.3) is 11.6 Å². The first-order valence-electron chi connectivity index (χ1n) is 7.15. The van der Waals surface area contributed by atoms with E-state index >= 15 is 0 Å². The SMILES string of the molecule is C=CCN(Cc1cccs1)C(=O)c1n[nH]c2ccc([N+](=O)[O-])cc12. The molecule has 0 aliphatic heterocycles. The molecule has 0 saturated carbocycles. The summed E-state index contributed by atoms with van der Waals surface area (Å²) in [7, 11) is 0. The molecular formula is C16H14N4O3S. The fourth-order valence-electron chi connectivity index (χ4n) is 2.39. The van der Waals surface area contributed by atoms with Gasteiger partial charge < -0.3 is 4.90 Å². The molecule has 1 N–H and O–H groups in total. The van der Waals surface area contributed by atoms with Gasteiger partial charge in [-0.15, -0.1) is 17.9 Å². The highest BCUT2D eigenvalue weighted by Gasteiger charge is 2.22. The standard InChI is InChI=1S/C16H14N4O3S/c1-2-7-19(10-12-4-3-8-24-12)16(21)15-13-9-11(20(22)23)5-6-14(13)17-18-15/h2-6,8-9H,1,7,10H2,(H,17,18). The van der Waals surface area contributed by atoms with Crippen molar-refractivity contribution in [1.82, 2.24) is 15.1 Å². The molecule has 0 fully saturated rings. The van der Waals surface area contributed by atoms with E-state index in [0.29, 0.717) is 24.0 Å². The quantitative estimate of drug-likeness (QED) is 0.422. The highest BCUT2D eigenvalue weighted by molar-refractivity contribution is 7.09. The maximum Gasteiger partial charge on any atom is 0.275 e. The first kappa shape index (κ1) is 15.9. The highest BCUT2D eigenvalue weighted by atomic mass is 32.1. The van der Waals surface area contributed by atoms with Gasteiger partial charge in [-0.05, 0) is 17.5 Å². The zero-order valence-corrected chi connectivity index (χ0v) is 13.5. The van der Waals surface area contributed by atoms with Crippen molar-refractivity contribution in [1.29, 1.82) is 0 Å². The number of aromatic amines is 1. The van der Waals surface area contributed by atoms with Crippen LogP contribution in [-0.4, -0.2) is 32.5 Å². The van der Waals surface area contributed by atoms with Crippen LogP contribution in [0.25, 0.3) is 10.9 Å². The average Bonchev–Trinajstić information content (AvgIpc) is 3.22. The Hall–Kier alpha value is -3.00. The van der Waals surface area contributed by atoms with Crippen molar-refractivity contribution in [3.05, 3.63) is 69.1 Å². The van der Waals surface area contributed by atoms with Crippen molar-refractivity contribution < 1.29 is 9.72 Å². The third-order valence-corrected chi connectivity index (χ3v) is 4.38. The molecule has 0 bridgehead atoms. The molecule has 0 aliphatic carbocycles. The van der Waals surface area contributed by atoms with Crippen molar-refractivity contribution in [2.24, 2.45) is 0 Å². The number of nitro groups is 1. The fraction of sp³-hybridized carbons (Fsp3) is 0.125. The first-order chi connectivity index (χ1) is 11.6. The normalized spacial score (nSPS) is 10.7. The lowest BCUT2D eigenvalue weighted by atomic mass is 10.1. The summed E-state index contributed by atoms with van der Waals surface area (Å²) < 4.78 is 0. The Labute approximate surface area is 141 Å². The predicted molar refractivity (Wildman–Crippen MR) is 92.0 cm³/mol. The van der Waals surface area contributed by atoms with E-state index < -0.39 is 4.92 Å². The minimum absolute atomic E-state index is 0.0773. The molecule has 3 rings (SSSR count). The summed E-state index contributed by atoms with van der Waals surface area (Å²) in [5.74, 6) is -0.296. The number of aromatic nitrogens is 2. The van der Waals surface area contributed by atoms with E-state index in [1.807, 2.05) is 17.5 Å². The molecule has 0 atom stereocenters. The molecule has 8 heteroatoms. The number of hydrogen-bond acceptors (Lipinski definition) is 5. The van der Waals surface area contributed by atoms with Crippen LogP contribution in [0.3, 0.4) is 0 Å². The Morgan fingerprint density at radius 1 is 1.46 bits per heavy atom. The number of rotatable bonds is 6. The minimum Gasteiger partial charge on any atom is -0.328 e. The molecule has 0 unspecified atom stereocenters. The number of H-pyrrole nitrogens is 1.